The normalized spacial score (nSPS) is 13.6. The minimum absolute atomic E-state index is 0.612. The van der Waals surface area contributed by atoms with Crippen molar-refractivity contribution >= 4 is 5.57 Å². The van der Waals surface area contributed by atoms with E-state index in [1.807, 2.05) is 30.3 Å². The molecule has 128 valence electrons. The standard InChI is InChI=1S/C20H19NO4/c1-22-16-10-15(11-17(13-16)23-2)18(6-7-21)14-4-5-19-20(12-14)25-9-3-8-24-19/h4-6,10-13H,3,8-9H2,1-2H3/b18-6-. The summed E-state index contributed by atoms with van der Waals surface area (Å²) >= 11 is 0. The molecule has 0 N–H and O–H groups in total. The Kier molecular flexibility index (Phi) is 5.10. The molecule has 5 nitrogen and oxygen atoms in total. The van der Waals surface area contributed by atoms with Gasteiger partial charge in [0.05, 0.1) is 33.5 Å². The van der Waals surface area contributed by atoms with Gasteiger partial charge < -0.3 is 18.9 Å². The summed E-state index contributed by atoms with van der Waals surface area (Å²) in [7, 11) is 3.19. The van der Waals surface area contributed by atoms with Crippen molar-refractivity contribution in [1.82, 2.24) is 0 Å². The van der Waals surface area contributed by atoms with E-state index >= 15 is 0 Å². The molecule has 0 saturated heterocycles. The van der Waals surface area contributed by atoms with E-state index in [9.17, 15) is 5.26 Å². The third kappa shape index (κ3) is 3.69. The molecule has 5 heteroatoms. The van der Waals surface area contributed by atoms with Crippen molar-refractivity contribution in [1.29, 1.82) is 5.26 Å². The molecule has 2 aromatic carbocycles. The van der Waals surface area contributed by atoms with Gasteiger partial charge in [0, 0.05) is 18.6 Å². The summed E-state index contributed by atoms with van der Waals surface area (Å²) < 4.78 is 22.1. The van der Waals surface area contributed by atoms with Gasteiger partial charge in [-0.25, -0.2) is 0 Å². The number of methoxy groups -OCH3 is 2. The van der Waals surface area contributed by atoms with Crippen LogP contribution in [0.15, 0.2) is 42.5 Å². The molecule has 0 unspecified atom stereocenters. The first-order valence-electron chi connectivity index (χ1n) is 7.98. The van der Waals surface area contributed by atoms with E-state index in [2.05, 4.69) is 6.07 Å². The van der Waals surface area contributed by atoms with Crippen LogP contribution in [-0.4, -0.2) is 27.4 Å². The zero-order chi connectivity index (χ0) is 17.6. The largest absolute Gasteiger partial charge is 0.497 e. The third-order valence-corrected chi connectivity index (χ3v) is 3.93. The maximum atomic E-state index is 9.25. The maximum absolute atomic E-state index is 9.25. The van der Waals surface area contributed by atoms with Crippen LogP contribution in [0.5, 0.6) is 23.0 Å². The van der Waals surface area contributed by atoms with Crippen LogP contribution in [0, 0.1) is 11.3 Å². The highest BCUT2D eigenvalue weighted by molar-refractivity contribution is 5.83. The van der Waals surface area contributed by atoms with E-state index < -0.39 is 0 Å². The van der Waals surface area contributed by atoms with Crippen molar-refractivity contribution in [2.45, 2.75) is 6.42 Å². The molecular weight excluding hydrogens is 318 g/mol. The molecule has 1 heterocycles. The van der Waals surface area contributed by atoms with Gasteiger partial charge in [-0.1, -0.05) is 6.07 Å². The lowest BCUT2D eigenvalue weighted by Crippen LogP contribution is -1.97. The van der Waals surface area contributed by atoms with Crippen molar-refractivity contribution in [2.24, 2.45) is 0 Å². The molecule has 3 rings (SSSR count). The van der Waals surface area contributed by atoms with Gasteiger partial charge >= 0.3 is 0 Å². The van der Waals surface area contributed by atoms with Crippen LogP contribution in [0.1, 0.15) is 17.5 Å². The van der Waals surface area contributed by atoms with Gasteiger partial charge in [0.1, 0.15) is 11.5 Å². The van der Waals surface area contributed by atoms with Crippen molar-refractivity contribution < 1.29 is 18.9 Å². The van der Waals surface area contributed by atoms with Crippen LogP contribution in [0.4, 0.5) is 0 Å². The number of fused-ring (bicyclic) bond motifs is 1. The zero-order valence-corrected chi connectivity index (χ0v) is 14.2. The summed E-state index contributed by atoms with van der Waals surface area (Å²) in [6.07, 6.45) is 2.35. The van der Waals surface area contributed by atoms with Crippen LogP contribution in [-0.2, 0) is 0 Å². The fourth-order valence-corrected chi connectivity index (χ4v) is 2.69. The summed E-state index contributed by atoms with van der Waals surface area (Å²) in [5.41, 5.74) is 2.45. The molecule has 0 saturated carbocycles. The maximum Gasteiger partial charge on any atom is 0.161 e. The van der Waals surface area contributed by atoms with Gasteiger partial charge in [-0.3, -0.25) is 0 Å². The predicted octanol–water partition coefficient (Wildman–Crippen LogP) is 3.82. The number of rotatable bonds is 4. The van der Waals surface area contributed by atoms with Crippen LogP contribution >= 0.6 is 0 Å². The van der Waals surface area contributed by atoms with Gasteiger partial charge in [0.25, 0.3) is 0 Å². The Bertz CT molecular complexity index is 814. The average Bonchev–Trinajstić information content (AvgIpc) is 2.90. The van der Waals surface area contributed by atoms with Gasteiger partial charge in [-0.2, -0.15) is 5.26 Å². The summed E-state index contributed by atoms with van der Waals surface area (Å²) in [5, 5.41) is 9.25. The van der Waals surface area contributed by atoms with Crippen LogP contribution in [0.2, 0.25) is 0 Å². The number of allylic oxidation sites excluding steroid dienone is 1. The Balaban J connectivity index is 2.07. The van der Waals surface area contributed by atoms with Crippen molar-refractivity contribution in [3.05, 3.63) is 53.6 Å². The van der Waals surface area contributed by atoms with Gasteiger partial charge in [-0.15, -0.1) is 0 Å². The number of hydrogen-bond donors (Lipinski definition) is 0. The molecule has 0 radical (unpaired) electrons. The molecule has 0 atom stereocenters. The molecule has 1 aliphatic heterocycles. The van der Waals surface area contributed by atoms with Crippen molar-refractivity contribution in [3.8, 4) is 29.1 Å². The van der Waals surface area contributed by atoms with E-state index in [1.165, 1.54) is 6.08 Å². The summed E-state index contributed by atoms with van der Waals surface area (Å²) in [5.74, 6) is 2.73. The predicted molar refractivity (Wildman–Crippen MR) is 94.3 cm³/mol. The fraction of sp³-hybridized carbons (Fsp3) is 0.250. The SMILES string of the molecule is COc1cc(OC)cc(/C(=C\C#N)c2ccc3c(c2)OCCCO3)c1. The molecule has 0 aromatic heterocycles. The first-order chi connectivity index (χ1) is 12.2. The number of ether oxygens (including phenoxy) is 4. The first-order valence-corrected chi connectivity index (χ1v) is 7.98. The van der Waals surface area contributed by atoms with Gasteiger partial charge in [0.15, 0.2) is 11.5 Å². The second-order valence-electron chi connectivity index (χ2n) is 5.50. The number of benzene rings is 2. The van der Waals surface area contributed by atoms with E-state index in [-0.39, 0.29) is 0 Å². The average molecular weight is 337 g/mol. The minimum atomic E-state index is 0.612. The van der Waals surface area contributed by atoms with Gasteiger partial charge in [-0.05, 0) is 41.0 Å². The van der Waals surface area contributed by atoms with Crippen molar-refractivity contribution in [3.63, 3.8) is 0 Å². The Labute approximate surface area is 147 Å². The Morgan fingerprint density at radius 3 is 2.28 bits per heavy atom. The molecule has 0 amide bonds. The fourth-order valence-electron chi connectivity index (χ4n) is 2.69. The van der Waals surface area contributed by atoms with E-state index in [0.717, 1.165) is 28.9 Å². The van der Waals surface area contributed by atoms with Crippen LogP contribution in [0.3, 0.4) is 0 Å². The third-order valence-electron chi connectivity index (χ3n) is 3.93. The lowest BCUT2D eigenvalue weighted by Gasteiger charge is -2.13. The smallest absolute Gasteiger partial charge is 0.161 e. The quantitative estimate of drug-likeness (QED) is 0.794. The van der Waals surface area contributed by atoms with E-state index in [4.69, 9.17) is 18.9 Å². The highest BCUT2D eigenvalue weighted by Crippen LogP contribution is 2.36. The Morgan fingerprint density at radius 2 is 1.64 bits per heavy atom. The second kappa shape index (κ2) is 7.63. The molecule has 1 aliphatic rings. The Morgan fingerprint density at radius 1 is 0.960 bits per heavy atom. The van der Waals surface area contributed by atoms with Gasteiger partial charge in [0.2, 0.25) is 0 Å². The monoisotopic (exact) mass is 337 g/mol. The van der Waals surface area contributed by atoms with E-state index in [0.29, 0.717) is 30.5 Å². The molecule has 25 heavy (non-hydrogen) atoms. The van der Waals surface area contributed by atoms with Crippen molar-refractivity contribution in [2.75, 3.05) is 27.4 Å². The minimum Gasteiger partial charge on any atom is -0.497 e. The molecule has 0 fully saturated rings. The molecule has 0 bridgehead atoms. The molecule has 2 aromatic rings. The van der Waals surface area contributed by atoms with Crippen LogP contribution < -0.4 is 18.9 Å². The van der Waals surface area contributed by atoms with E-state index in [1.54, 1.807) is 20.3 Å². The molecule has 0 aliphatic carbocycles. The second-order valence-corrected chi connectivity index (χ2v) is 5.50. The summed E-state index contributed by atoms with van der Waals surface area (Å²) in [6, 6.07) is 13.3. The highest BCUT2D eigenvalue weighted by Gasteiger charge is 2.15. The summed E-state index contributed by atoms with van der Waals surface area (Å²) in [6.45, 7) is 1.25. The molecule has 0 spiro atoms. The topological polar surface area (TPSA) is 60.7 Å². The number of nitriles is 1. The molecular formula is C20H19NO4. The zero-order valence-electron chi connectivity index (χ0n) is 14.2. The summed E-state index contributed by atoms with van der Waals surface area (Å²) in [4.78, 5) is 0. The first kappa shape index (κ1) is 16.7. The number of nitrogens with zero attached hydrogens (tertiary/aromatic N) is 1. The lowest BCUT2D eigenvalue weighted by molar-refractivity contribution is 0.297. The highest BCUT2D eigenvalue weighted by atomic mass is 16.5. The Hall–Kier alpha value is -3.13. The lowest BCUT2D eigenvalue weighted by atomic mass is 9.96. The van der Waals surface area contributed by atoms with Crippen LogP contribution in [0.25, 0.3) is 5.57 Å². The number of hydrogen-bond acceptors (Lipinski definition) is 5.